The van der Waals surface area contributed by atoms with Crippen molar-refractivity contribution in [3.05, 3.63) is 78.1 Å². The first-order valence-electron chi connectivity index (χ1n) is 7.72. The molecule has 0 unspecified atom stereocenters. The number of hydrogen-bond donors (Lipinski definition) is 1. The first-order valence-corrected chi connectivity index (χ1v) is 9.20. The maximum atomic E-state index is 13.9. The number of nitrogens with zero attached hydrogens (tertiary/aromatic N) is 2. The van der Waals surface area contributed by atoms with Crippen LogP contribution in [0.5, 0.6) is 0 Å². The normalized spacial score (nSPS) is 11.3. The van der Waals surface area contributed by atoms with Gasteiger partial charge in [-0.25, -0.2) is 31.9 Å². The summed E-state index contributed by atoms with van der Waals surface area (Å²) in [5.74, 6) is -2.10. The Morgan fingerprint density at radius 3 is 2.41 bits per heavy atom. The number of nitrogens with one attached hydrogen (secondary N) is 1. The molecule has 0 saturated carbocycles. The molecule has 2 aromatic carbocycles. The minimum absolute atomic E-state index is 0.0614. The van der Waals surface area contributed by atoms with E-state index in [9.17, 15) is 22.0 Å². The molecule has 0 spiro atoms. The lowest BCUT2D eigenvalue weighted by molar-refractivity contribution is 0.0996. The molecule has 27 heavy (non-hydrogen) atoms. The molecule has 0 radical (unpaired) electrons. The number of benzene rings is 2. The smallest absolute Gasteiger partial charge is 0.243 e. The molecule has 1 heterocycles. The van der Waals surface area contributed by atoms with Gasteiger partial charge in [0.1, 0.15) is 16.5 Å². The number of hydrogen-bond acceptors (Lipinski definition) is 5. The molecule has 0 bridgehead atoms. The molecule has 0 aliphatic carbocycles. The van der Waals surface area contributed by atoms with Gasteiger partial charge in [0.05, 0.1) is 6.54 Å². The van der Waals surface area contributed by atoms with E-state index in [4.69, 9.17) is 0 Å². The van der Waals surface area contributed by atoms with Crippen LogP contribution in [0.4, 0.5) is 8.78 Å². The minimum Gasteiger partial charge on any atom is -0.293 e. The van der Waals surface area contributed by atoms with Gasteiger partial charge in [-0.2, -0.15) is 0 Å². The summed E-state index contributed by atoms with van der Waals surface area (Å²) >= 11 is 0. The van der Waals surface area contributed by atoms with Crippen LogP contribution in [0.15, 0.2) is 65.8 Å². The van der Waals surface area contributed by atoms with Crippen molar-refractivity contribution in [2.45, 2.75) is 4.90 Å². The number of ketones is 1. The minimum atomic E-state index is -4.23. The van der Waals surface area contributed by atoms with Crippen LogP contribution in [0.3, 0.4) is 0 Å². The molecular weight excluding hydrogens is 376 g/mol. The summed E-state index contributed by atoms with van der Waals surface area (Å²) < 4.78 is 53.8. The molecular formula is C18H13F2N3O3S. The molecule has 6 nitrogen and oxygen atoms in total. The highest BCUT2D eigenvalue weighted by molar-refractivity contribution is 7.89. The molecule has 0 amide bonds. The van der Waals surface area contributed by atoms with Gasteiger partial charge in [0.2, 0.25) is 10.0 Å². The summed E-state index contributed by atoms with van der Waals surface area (Å²) in [6, 6.07) is 9.87. The van der Waals surface area contributed by atoms with Crippen LogP contribution in [0.2, 0.25) is 0 Å². The Kier molecular flexibility index (Phi) is 5.33. The maximum absolute atomic E-state index is 13.9. The van der Waals surface area contributed by atoms with E-state index in [0.717, 1.165) is 24.3 Å². The fourth-order valence-electron chi connectivity index (χ4n) is 2.33. The third-order valence-corrected chi connectivity index (χ3v) is 5.03. The van der Waals surface area contributed by atoms with E-state index in [1.54, 1.807) is 6.07 Å². The number of halogens is 2. The number of rotatable bonds is 6. The SMILES string of the molecule is O=C(CNS(=O)(=O)c1ccccc1F)c1cc(F)cc(-c2ncccn2)c1. The highest BCUT2D eigenvalue weighted by Crippen LogP contribution is 2.19. The Bertz CT molecular complexity index is 1090. The van der Waals surface area contributed by atoms with E-state index in [2.05, 4.69) is 9.97 Å². The highest BCUT2D eigenvalue weighted by atomic mass is 32.2. The summed E-state index contributed by atoms with van der Waals surface area (Å²) in [6.07, 6.45) is 2.94. The first-order chi connectivity index (χ1) is 12.9. The Balaban J connectivity index is 1.81. The van der Waals surface area contributed by atoms with Crippen LogP contribution in [-0.4, -0.2) is 30.7 Å². The second-order valence-corrected chi connectivity index (χ2v) is 7.21. The van der Waals surface area contributed by atoms with E-state index >= 15 is 0 Å². The molecule has 0 fully saturated rings. The van der Waals surface area contributed by atoms with Crippen LogP contribution in [-0.2, 0) is 10.0 Å². The number of sulfonamides is 1. The molecule has 0 aliphatic heterocycles. The van der Waals surface area contributed by atoms with E-state index in [1.807, 2.05) is 4.72 Å². The van der Waals surface area contributed by atoms with Gasteiger partial charge in [0.25, 0.3) is 0 Å². The van der Waals surface area contributed by atoms with Crippen LogP contribution in [0.25, 0.3) is 11.4 Å². The maximum Gasteiger partial charge on any atom is 0.243 e. The molecule has 1 N–H and O–H groups in total. The zero-order valence-corrected chi connectivity index (χ0v) is 14.6. The molecule has 0 atom stereocenters. The zero-order chi connectivity index (χ0) is 19.4. The molecule has 3 aromatic rings. The second kappa shape index (κ2) is 7.68. The third-order valence-electron chi connectivity index (χ3n) is 3.59. The van der Waals surface area contributed by atoms with Gasteiger partial charge in [-0.15, -0.1) is 0 Å². The van der Waals surface area contributed by atoms with Gasteiger partial charge in [-0.3, -0.25) is 4.79 Å². The predicted octanol–water partition coefficient (Wildman–Crippen LogP) is 2.58. The topological polar surface area (TPSA) is 89.0 Å². The monoisotopic (exact) mass is 389 g/mol. The van der Waals surface area contributed by atoms with E-state index in [1.165, 1.54) is 30.6 Å². The molecule has 0 saturated heterocycles. The Hall–Kier alpha value is -3.04. The van der Waals surface area contributed by atoms with Crippen molar-refractivity contribution in [2.75, 3.05) is 6.54 Å². The third kappa shape index (κ3) is 4.39. The van der Waals surface area contributed by atoms with Crippen LogP contribution < -0.4 is 4.72 Å². The van der Waals surface area contributed by atoms with E-state index in [-0.39, 0.29) is 17.0 Å². The Labute approximate surface area is 154 Å². The summed E-state index contributed by atoms with van der Waals surface area (Å²) in [4.78, 5) is 19.7. The van der Waals surface area contributed by atoms with Gasteiger partial charge in [-0.1, -0.05) is 12.1 Å². The predicted molar refractivity (Wildman–Crippen MR) is 93.3 cm³/mol. The summed E-state index contributed by atoms with van der Waals surface area (Å²) in [5, 5.41) is 0. The number of aromatic nitrogens is 2. The van der Waals surface area contributed by atoms with Gasteiger partial charge >= 0.3 is 0 Å². The van der Waals surface area contributed by atoms with Gasteiger partial charge < -0.3 is 0 Å². The molecule has 138 valence electrons. The van der Waals surface area contributed by atoms with Gasteiger partial charge in [0.15, 0.2) is 11.6 Å². The lowest BCUT2D eigenvalue weighted by Crippen LogP contribution is -2.30. The molecule has 9 heteroatoms. The quantitative estimate of drug-likeness (QED) is 0.655. The Morgan fingerprint density at radius 2 is 1.70 bits per heavy atom. The summed E-state index contributed by atoms with van der Waals surface area (Å²) in [7, 11) is -4.23. The molecule has 3 rings (SSSR count). The van der Waals surface area contributed by atoms with E-state index in [0.29, 0.717) is 0 Å². The van der Waals surface area contributed by atoms with Crippen LogP contribution >= 0.6 is 0 Å². The Morgan fingerprint density at radius 1 is 1.00 bits per heavy atom. The van der Waals surface area contributed by atoms with Crippen molar-refractivity contribution in [3.8, 4) is 11.4 Å². The van der Waals surface area contributed by atoms with E-state index < -0.39 is 38.9 Å². The lowest BCUT2D eigenvalue weighted by Gasteiger charge is -2.08. The van der Waals surface area contributed by atoms with Crippen molar-refractivity contribution < 1.29 is 22.0 Å². The van der Waals surface area contributed by atoms with Crippen molar-refractivity contribution in [3.63, 3.8) is 0 Å². The number of Topliss-reactive ketones (excluding diaryl/α,β-unsaturated/α-hetero) is 1. The average molecular weight is 389 g/mol. The average Bonchev–Trinajstić information content (AvgIpc) is 2.66. The van der Waals surface area contributed by atoms with Crippen molar-refractivity contribution in [2.24, 2.45) is 0 Å². The van der Waals surface area contributed by atoms with Gasteiger partial charge in [0, 0.05) is 23.5 Å². The fourth-order valence-corrected chi connectivity index (χ4v) is 3.39. The summed E-state index contributed by atoms with van der Waals surface area (Å²) in [5.41, 5.74) is 0.213. The number of carbonyl (C=O) groups excluding carboxylic acids is 1. The second-order valence-electron chi connectivity index (χ2n) is 5.48. The van der Waals surface area contributed by atoms with Crippen molar-refractivity contribution >= 4 is 15.8 Å². The highest BCUT2D eigenvalue weighted by Gasteiger charge is 2.20. The largest absolute Gasteiger partial charge is 0.293 e. The van der Waals surface area contributed by atoms with Crippen LogP contribution in [0.1, 0.15) is 10.4 Å². The lowest BCUT2D eigenvalue weighted by atomic mass is 10.1. The number of carbonyl (C=O) groups is 1. The van der Waals surface area contributed by atoms with Gasteiger partial charge in [-0.05, 0) is 36.4 Å². The van der Waals surface area contributed by atoms with Crippen molar-refractivity contribution in [1.82, 2.24) is 14.7 Å². The first kappa shape index (κ1) is 18.7. The molecule has 1 aromatic heterocycles. The van der Waals surface area contributed by atoms with Crippen LogP contribution in [0, 0.1) is 11.6 Å². The standard InChI is InChI=1S/C18H13F2N3O3S/c19-14-9-12(8-13(10-14)18-21-6-3-7-22-18)16(24)11-23-27(25,26)17-5-2-1-4-15(17)20/h1-10,23H,11H2. The summed E-state index contributed by atoms with van der Waals surface area (Å²) in [6.45, 7) is -0.658. The van der Waals surface area contributed by atoms with Crippen molar-refractivity contribution in [1.29, 1.82) is 0 Å². The zero-order valence-electron chi connectivity index (χ0n) is 13.8. The molecule has 0 aliphatic rings. The fraction of sp³-hybridized carbons (Fsp3) is 0.0556.